The maximum Gasteiger partial charge on any atom is 0.139 e. The summed E-state index contributed by atoms with van der Waals surface area (Å²) in [6, 6.07) is 8.95. The second-order valence-electron chi connectivity index (χ2n) is 3.88. The highest BCUT2D eigenvalue weighted by Gasteiger charge is 2.09. The number of phenols is 1. The second kappa shape index (κ2) is 3.52. The van der Waals surface area contributed by atoms with Crippen LogP contribution in [-0.2, 0) is 0 Å². The highest BCUT2D eigenvalue weighted by Crippen LogP contribution is 2.32. The maximum atomic E-state index is 9.71. The van der Waals surface area contributed by atoms with Crippen molar-refractivity contribution in [3.05, 3.63) is 42.7 Å². The Morgan fingerprint density at radius 1 is 1.24 bits per heavy atom. The van der Waals surface area contributed by atoms with Crippen LogP contribution in [0.5, 0.6) is 5.75 Å². The number of nitrogen functional groups attached to an aromatic ring is 1. The van der Waals surface area contributed by atoms with E-state index in [9.17, 15) is 5.11 Å². The van der Waals surface area contributed by atoms with Gasteiger partial charge in [-0.25, -0.2) is 0 Å². The number of pyridine rings is 1. The van der Waals surface area contributed by atoms with Crippen LogP contribution < -0.4 is 5.73 Å². The van der Waals surface area contributed by atoms with Crippen molar-refractivity contribution in [2.75, 3.05) is 5.73 Å². The van der Waals surface area contributed by atoms with Gasteiger partial charge in [-0.2, -0.15) is 0 Å². The predicted molar refractivity (Wildman–Crippen MR) is 67.6 cm³/mol. The molecule has 0 unspecified atom stereocenters. The largest absolute Gasteiger partial charge is 0.506 e. The normalized spacial score (nSPS) is 10.8. The summed E-state index contributed by atoms with van der Waals surface area (Å²) in [4.78, 5) is 7.32. The number of H-pyrrole nitrogens is 1. The Balaban J connectivity index is 2.28. The minimum absolute atomic E-state index is 0.234. The summed E-state index contributed by atoms with van der Waals surface area (Å²) in [5.74, 6) is 0.234. The van der Waals surface area contributed by atoms with Crippen LogP contribution in [0.1, 0.15) is 0 Å². The Kier molecular flexibility index (Phi) is 2.01. The third kappa shape index (κ3) is 1.50. The van der Waals surface area contributed by atoms with Gasteiger partial charge in [0.05, 0.1) is 11.2 Å². The Morgan fingerprint density at radius 3 is 2.94 bits per heavy atom. The molecule has 0 aliphatic carbocycles. The van der Waals surface area contributed by atoms with Gasteiger partial charge in [0.25, 0.3) is 0 Å². The SMILES string of the molecule is Nc1ccnc(-c2c[nH]c3c(O)cccc23)c1. The van der Waals surface area contributed by atoms with Crippen LogP contribution in [0.25, 0.3) is 22.2 Å². The Labute approximate surface area is 97.7 Å². The number of hydrogen-bond donors (Lipinski definition) is 3. The van der Waals surface area contributed by atoms with E-state index >= 15 is 0 Å². The lowest BCUT2D eigenvalue weighted by molar-refractivity contribution is 0.480. The van der Waals surface area contributed by atoms with Crippen LogP contribution in [0.15, 0.2) is 42.7 Å². The molecule has 4 nitrogen and oxygen atoms in total. The van der Waals surface area contributed by atoms with Gasteiger partial charge in [0.15, 0.2) is 0 Å². The minimum atomic E-state index is 0.234. The zero-order chi connectivity index (χ0) is 11.8. The Hall–Kier alpha value is -2.49. The molecule has 0 atom stereocenters. The van der Waals surface area contributed by atoms with E-state index in [-0.39, 0.29) is 5.75 Å². The van der Waals surface area contributed by atoms with Gasteiger partial charge in [0.1, 0.15) is 5.75 Å². The molecule has 3 aromatic rings. The maximum absolute atomic E-state index is 9.71. The van der Waals surface area contributed by atoms with Crippen molar-refractivity contribution >= 4 is 16.6 Å². The number of phenolic OH excluding ortho intramolecular Hbond substituents is 1. The van der Waals surface area contributed by atoms with Crippen LogP contribution in [0, 0.1) is 0 Å². The molecule has 0 aliphatic heterocycles. The van der Waals surface area contributed by atoms with Crippen LogP contribution in [0.2, 0.25) is 0 Å². The zero-order valence-electron chi connectivity index (χ0n) is 9.01. The number of nitrogens with one attached hydrogen (secondary N) is 1. The number of fused-ring (bicyclic) bond motifs is 1. The average molecular weight is 225 g/mol. The molecule has 84 valence electrons. The van der Waals surface area contributed by atoms with Crippen molar-refractivity contribution < 1.29 is 5.11 Å². The summed E-state index contributed by atoms with van der Waals surface area (Å²) >= 11 is 0. The number of aromatic nitrogens is 2. The van der Waals surface area contributed by atoms with E-state index in [1.165, 1.54) is 0 Å². The van der Waals surface area contributed by atoms with Crippen molar-refractivity contribution in [3.63, 3.8) is 0 Å². The fourth-order valence-corrected chi connectivity index (χ4v) is 1.94. The number of rotatable bonds is 1. The topological polar surface area (TPSA) is 74.9 Å². The number of nitrogens with zero attached hydrogens (tertiary/aromatic N) is 1. The number of nitrogens with two attached hydrogens (primary N) is 1. The van der Waals surface area contributed by atoms with Gasteiger partial charge in [-0.1, -0.05) is 12.1 Å². The Morgan fingerprint density at radius 2 is 2.12 bits per heavy atom. The molecule has 2 aromatic heterocycles. The molecule has 0 radical (unpaired) electrons. The zero-order valence-corrected chi connectivity index (χ0v) is 9.01. The highest BCUT2D eigenvalue weighted by molar-refractivity contribution is 5.97. The van der Waals surface area contributed by atoms with Gasteiger partial charge < -0.3 is 15.8 Å². The molecular formula is C13H11N3O. The number of hydrogen-bond acceptors (Lipinski definition) is 3. The molecule has 2 heterocycles. The molecule has 1 aromatic carbocycles. The predicted octanol–water partition coefficient (Wildman–Crippen LogP) is 2.52. The van der Waals surface area contributed by atoms with Gasteiger partial charge >= 0.3 is 0 Å². The molecule has 0 bridgehead atoms. The monoisotopic (exact) mass is 225 g/mol. The number of benzene rings is 1. The molecule has 4 N–H and O–H groups in total. The minimum Gasteiger partial charge on any atom is -0.506 e. The van der Waals surface area contributed by atoms with E-state index in [4.69, 9.17) is 5.73 Å². The lowest BCUT2D eigenvalue weighted by atomic mass is 10.1. The second-order valence-corrected chi connectivity index (χ2v) is 3.88. The van der Waals surface area contributed by atoms with Crippen LogP contribution in [0.4, 0.5) is 5.69 Å². The lowest BCUT2D eigenvalue weighted by Gasteiger charge is -2.00. The molecule has 3 rings (SSSR count). The number of aromatic amines is 1. The summed E-state index contributed by atoms with van der Waals surface area (Å²) in [6.45, 7) is 0. The van der Waals surface area contributed by atoms with Crippen molar-refractivity contribution in [2.45, 2.75) is 0 Å². The van der Waals surface area contributed by atoms with Gasteiger partial charge in [0.2, 0.25) is 0 Å². The van der Waals surface area contributed by atoms with E-state index in [1.54, 1.807) is 24.4 Å². The van der Waals surface area contributed by atoms with E-state index in [0.717, 1.165) is 16.6 Å². The van der Waals surface area contributed by atoms with E-state index in [0.29, 0.717) is 11.2 Å². The summed E-state index contributed by atoms with van der Waals surface area (Å²) in [5, 5.41) is 10.6. The van der Waals surface area contributed by atoms with Crippen molar-refractivity contribution in [2.24, 2.45) is 0 Å². The molecule has 0 saturated carbocycles. The first-order chi connectivity index (χ1) is 8.25. The van der Waals surface area contributed by atoms with Gasteiger partial charge in [-0.05, 0) is 18.2 Å². The van der Waals surface area contributed by atoms with E-state index in [1.807, 2.05) is 18.3 Å². The average Bonchev–Trinajstić information content (AvgIpc) is 2.74. The molecule has 0 aliphatic rings. The first-order valence-electron chi connectivity index (χ1n) is 5.26. The summed E-state index contributed by atoms with van der Waals surface area (Å²) in [7, 11) is 0. The van der Waals surface area contributed by atoms with Crippen LogP contribution in [-0.4, -0.2) is 15.1 Å². The Bertz CT molecular complexity index is 688. The third-order valence-corrected chi connectivity index (χ3v) is 2.75. The van der Waals surface area contributed by atoms with Crippen LogP contribution in [0.3, 0.4) is 0 Å². The molecule has 0 amide bonds. The number of para-hydroxylation sites is 1. The smallest absolute Gasteiger partial charge is 0.139 e. The van der Waals surface area contributed by atoms with Gasteiger partial charge in [0, 0.05) is 29.0 Å². The van der Waals surface area contributed by atoms with Crippen molar-refractivity contribution in [1.82, 2.24) is 9.97 Å². The lowest BCUT2D eigenvalue weighted by Crippen LogP contribution is -1.87. The first kappa shape index (κ1) is 9.72. The highest BCUT2D eigenvalue weighted by atomic mass is 16.3. The number of aromatic hydroxyl groups is 1. The number of anilines is 1. The molecule has 0 saturated heterocycles. The third-order valence-electron chi connectivity index (χ3n) is 2.75. The molecule has 0 fully saturated rings. The van der Waals surface area contributed by atoms with Gasteiger partial charge in [-0.15, -0.1) is 0 Å². The molecule has 17 heavy (non-hydrogen) atoms. The van der Waals surface area contributed by atoms with E-state index < -0.39 is 0 Å². The first-order valence-corrected chi connectivity index (χ1v) is 5.26. The summed E-state index contributed by atoms with van der Waals surface area (Å²) in [5.41, 5.74) is 8.85. The van der Waals surface area contributed by atoms with Crippen molar-refractivity contribution in [1.29, 1.82) is 0 Å². The van der Waals surface area contributed by atoms with Crippen LogP contribution >= 0.6 is 0 Å². The quantitative estimate of drug-likeness (QED) is 0.595. The summed E-state index contributed by atoms with van der Waals surface area (Å²) < 4.78 is 0. The molecule has 4 heteroatoms. The summed E-state index contributed by atoms with van der Waals surface area (Å²) in [6.07, 6.45) is 3.50. The van der Waals surface area contributed by atoms with E-state index in [2.05, 4.69) is 9.97 Å². The van der Waals surface area contributed by atoms with Gasteiger partial charge in [-0.3, -0.25) is 4.98 Å². The molecule has 0 spiro atoms. The fraction of sp³-hybridized carbons (Fsp3) is 0. The standard InChI is InChI=1S/C13H11N3O/c14-8-4-5-15-11(6-8)10-7-16-13-9(10)2-1-3-12(13)17/h1-7,16-17H,(H2,14,15). The van der Waals surface area contributed by atoms with Crippen molar-refractivity contribution in [3.8, 4) is 17.0 Å². The molecular weight excluding hydrogens is 214 g/mol. The fourth-order valence-electron chi connectivity index (χ4n) is 1.94.